The first-order valence-electron chi connectivity index (χ1n) is 9.80. The molecule has 0 saturated heterocycles. The van der Waals surface area contributed by atoms with Crippen LogP contribution >= 0.6 is 0 Å². The molecule has 1 aliphatic rings. The molecular weight excluding hydrogens is 383 g/mol. The van der Waals surface area contributed by atoms with E-state index in [1.807, 2.05) is 18.2 Å². The number of pyridine rings is 2. The maximum Gasteiger partial charge on any atom is 0.224 e. The van der Waals surface area contributed by atoms with Crippen molar-refractivity contribution in [1.29, 1.82) is 0 Å². The number of amides is 1. The summed E-state index contributed by atoms with van der Waals surface area (Å²) in [6, 6.07) is 8.87. The SMILES string of the molecule is Cc1nc(-c2ncccc2-c2ccn3ncc(CC(=O)NC4CC4)c3n2)ccc1F. The second-order valence-corrected chi connectivity index (χ2v) is 7.43. The molecule has 5 rings (SSSR count). The molecule has 1 N–H and O–H groups in total. The van der Waals surface area contributed by atoms with Crippen LogP contribution in [-0.4, -0.2) is 36.5 Å². The normalized spacial score (nSPS) is 13.5. The monoisotopic (exact) mass is 402 g/mol. The molecule has 0 aromatic carbocycles. The Morgan fingerprint density at radius 1 is 1.20 bits per heavy atom. The van der Waals surface area contributed by atoms with Gasteiger partial charge in [-0.1, -0.05) is 0 Å². The van der Waals surface area contributed by atoms with Crippen molar-refractivity contribution in [1.82, 2.24) is 29.9 Å². The van der Waals surface area contributed by atoms with Gasteiger partial charge in [0.05, 0.1) is 35.4 Å². The molecule has 1 saturated carbocycles. The van der Waals surface area contributed by atoms with Gasteiger partial charge in [0.1, 0.15) is 5.82 Å². The van der Waals surface area contributed by atoms with Crippen LogP contribution in [0.4, 0.5) is 4.39 Å². The standard InChI is InChI=1S/C22H19FN6O/c1-13-17(23)6-7-19(26-13)21-16(3-2-9-24-21)18-8-10-29-22(28-18)14(12-25-29)11-20(30)27-15-4-5-15/h2-3,6-10,12,15H,4-5,11H2,1H3,(H,27,30). The lowest BCUT2D eigenvalue weighted by molar-refractivity contribution is -0.120. The van der Waals surface area contributed by atoms with Crippen LogP contribution in [0, 0.1) is 12.7 Å². The van der Waals surface area contributed by atoms with Crippen molar-refractivity contribution in [3.63, 3.8) is 0 Å². The Bertz CT molecular complexity index is 1260. The van der Waals surface area contributed by atoms with E-state index in [1.165, 1.54) is 6.07 Å². The van der Waals surface area contributed by atoms with E-state index >= 15 is 0 Å². The minimum Gasteiger partial charge on any atom is -0.353 e. The number of rotatable bonds is 5. The van der Waals surface area contributed by atoms with Gasteiger partial charge >= 0.3 is 0 Å². The maximum atomic E-state index is 13.7. The van der Waals surface area contributed by atoms with Gasteiger partial charge in [-0.05, 0) is 50.1 Å². The van der Waals surface area contributed by atoms with Gasteiger partial charge in [0.15, 0.2) is 5.65 Å². The molecule has 7 nitrogen and oxygen atoms in total. The fourth-order valence-corrected chi connectivity index (χ4v) is 3.36. The number of nitrogens with zero attached hydrogens (tertiary/aromatic N) is 5. The third-order valence-corrected chi connectivity index (χ3v) is 5.08. The van der Waals surface area contributed by atoms with E-state index in [0.717, 1.165) is 24.0 Å². The fraction of sp³-hybridized carbons (Fsp3) is 0.227. The molecule has 0 spiro atoms. The lowest BCUT2D eigenvalue weighted by atomic mass is 10.1. The lowest BCUT2D eigenvalue weighted by Gasteiger charge is -2.09. The number of carbonyl (C=O) groups excluding carboxylic acids is 1. The summed E-state index contributed by atoms with van der Waals surface area (Å²) in [6.07, 6.45) is 7.47. The minimum absolute atomic E-state index is 0.0207. The molecule has 0 radical (unpaired) electrons. The van der Waals surface area contributed by atoms with Crippen molar-refractivity contribution in [3.8, 4) is 22.6 Å². The predicted octanol–water partition coefficient (Wildman–Crippen LogP) is 3.12. The summed E-state index contributed by atoms with van der Waals surface area (Å²) in [4.78, 5) is 25.8. The highest BCUT2D eigenvalue weighted by molar-refractivity contribution is 5.82. The Morgan fingerprint density at radius 3 is 2.87 bits per heavy atom. The second-order valence-electron chi connectivity index (χ2n) is 7.43. The van der Waals surface area contributed by atoms with Crippen molar-refractivity contribution in [2.24, 2.45) is 0 Å². The van der Waals surface area contributed by atoms with Crippen molar-refractivity contribution in [2.75, 3.05) is 0 Å². The van der Waals surface area contributed by atoms with Crippen LogP contribution in [0.25, 0.3) is 28.3 Å². The number of hydrogen-bond acceptors (Lipinski definition) is 5. The zero-order valence-corrected chi connectivity index (χ0v) is 16.3. The van der Waals surface area contributed by atoms with Crippen molar-refractivity contribution >= 4 is 11.6 Å². The molecule has 0 aliphatic heterocycles. The van der Waals surface area contributed by atoms with Crippen LogP contribution < -0.4 is 5.32 Å². The van der Waals surface area contributed by atoms with E-state index in [4.69, 9.17) is 4.98 Å². The number of hydrogen-bond donors (Lipinski definition) is 1. The highest BCUT2D eigenvalue weighted by atomic mass is 19.1. The lowest BCUT2D eigenvalue weighted by Crippen LogP contribution is -2.26. The van der Waals surface area contributed by atoms with Gasteiger partial charge < -0.3 is 5.32 Å². The Kier molecular flexibility index (Phi) is 4.46. The summed E-state index contributed by atoms with van der Waals surface area (Å²) in [5, 5.41) is 7.30. The summed E-state index contributed by atoms with van der Waals surface area (Å²) in [5.41, 5.74) is 4.33. The van der Waals surface area contributed by atoms with E-state index in [1.54, 1.807) is 36.1 Å². The van der Waals surface area contributed by atoms with E-state index in [2.05, 4.69) is 20.4 Å². The number of nitrogens with one attached hydrogen (secondary N) is 1. The predicted molar refractivity (Wildman–Crippen MR) is 109 cm³/mol. The van der Waals surface area contributed by atoms with Gasteiger partial charge in [0.2, 0.25) is 5.91 Å². The second kappa shape index (κ2) is 7.29. The molecule has 8 heteroatoms. The van der Waals surface area contributed by atoms with Gasteiger partial charge in [-0.25, -0.2) is 18.9 Å². The topological polar surface area (TPSA) is 85.1 Å². The molecule has 1 aliphatic carbocycles. The Morgan fingerprint density at radius 2 is 2.07 bits per heavy atom. The molecule has 0 unspecified atom stereocenters. The molecule has 4 aromatic rings. The minimum atomic E-state index is -0.357. The average molecular weight is 402 g/mol. The number of aromatic nitrogens is 5. The highest BCUT2D eigenvalue weighted by Gasteiger charge is 2.24. The summed E-state index contributed by atoms with van der Waals surface area (Å²) >= 11 is 0. The van der Waals surface area contributed by atoms with Crippen LogP contribution in [0.2, 0.25) is 0 Å². The largest absolute Gasteiger partial charge is 0.353 e. The first-order chi connectivity index (χ1) is 14.6. The van der Waals surface area contributed by atoms with Crippen LogP contribution in [0.1, 0.15) is 24.1 Å². The smallest absolute Gasteiger partial charge is 0.224 e. The highest BCUT2D eigenvalue weighted by Crippen LogP contribution is 2.29. The van der Waals surface area contributed by atoms with Crippen LogP contribution in [0.5, 0.6) is 0 Å². The number of carbonyl (C=O) groups is 1. The van der Waals surface area contributed by atoms with Crippen LogP contribution in [0.15, 0.2) is 48.9 Å². The fourth-order valence-electron chi connectivity index (χ4n) is 3.36. The van der Waals surface area contributed by atoms with Crippen molar-refractivity contribution in [3.05, 3.63) is 66.0 Å². The number of fused-ring (bicyclic) bond motifs is 1. The molecular formula is C22H19FN6O. The third-order valence-electron chi connectivity index (χ3n) is 5.08. The molecule has 4 heterocycles. The zero-order chi connectivity index (χ0) is 20.7. The van der Waals surface area contributed by atoms with Crippen molar-refractivity contribution in [2.45, 2.75) is 32.2 Å². The summed E-state index contributed by atoms with van der Waals surface area (Å²) < 4.78 is 15.3. The summed E-state index contributed by atoms with van der Waals surface area (Å²) in [7, 11) is 0. The Labute approximate surface area is 172 Å². The molecule has 1 fully saturated rings. The van der Waals surface area contributed by atoms with E-state index in [9.17, 15) is 9.18 Å². The quantitative estimate of drug-likeness (QED) is 0.554. The molecule has 150 valence electrons. The van der Waals surface area contributed by atoms with E-state index in [0.29, 0.717) is 34.5 Å². The molecule has 1 amide bonds. The van der Waals surface area contributed by atoms with Gasteiger partial charge in [-0.3, -0.25) is 9.78 Å². The summed E-state index contributed by atoms with van der Waals surface area (Å²) in [6.45, 7) is 1.62. The molecule has 0 atom stereocenters. The van der Waals surface area contributed by atoms with Gasteiger partial charge in [0, 0.05) is 29.6 Å². The van der Waals surface area contributed by atoms with Crippen LogP contribution in [-0.2, 0) is 11.2 Å². The van der Waals surface area contributed by atoms with Crippen LogP contribution in [0.3, 0.4) is 0 Å². The zero-order valence-electron chi connectivity index (χ0n) is 16.3. The molecule has 30 heavy (non-hydrogen) atoms. The Hall–Kier alpha value is -3.68. The number of halogens is 1. The van der Waals surface area contributed by atoms with Gasteiger partial charge in [-0.2, -0.15) is 5.10 Å². The molecule has 0 bridgehead atoms. The van der Waals surface area contributed by atoms with Gasteiger partial charge in [-0.15, -0.1) is 0 Å². The van der Waals surface area contributed by atoms with E-state index in [-0.39, 0.29) is 18.1 Å². The molecule has 4 aromatic heterocycles. The van der Waals surface area contributed by atoms with E-state index < -0.39 is 0 Å². The first-order valence-corrected chi connectivity index (χ1v) is 9.80. The average Bonchev–Trinajstić information content (AvgIpc) is 3.48. The van der Waals surface area contributed by atoms with Crippen molar-refractivity contribution < 1.29 is 9.18 Å². The van der Waals surface area contributed by atoms with Gasteiger partial charge in [0.25, 0.3) is 0 Å². The maximum absolute atomic E-state index is 13.7. The Balaban J connectivity index is 1.54. The number of aryl methyl sites for hydroxylation is 1. The summed E-state index contributed by atoms with van der Waals surface area (Å²) in [5.74, 6) is -0.378. The first kappa shape index (κ1) is 18.4. The third kappa shape index (κ3) is 3.52.